The first-order chi connectivity index (χ1) is 7.35. The van der Waals surface area contributed by atoms with Crippen molar-refractivity contribution in [1.82, 2.24) is 0 Å². The van der Waals surface area contributed by atoms with Crippen LogP contribution in [0.5, 0.6) is 0 Å². The highest BCUT2D eigenvalue weighted by Gasteiger charge is 2.07. The van der Waals surface area contributed by atoms with Crippen molar-refractivity contribution >= 4 is 47.8 Å². The largest absolute Gasteiger partial charge is 0.0928 e. The second kappa shape index (κ2) is 13.5. The lowest BCUT2D eigenvalue weighted by Crippen LogP contribution is -2.02. The van der Waals surface area contributed by atoms with Gasteiger partial charge < -0.3 is 0 Å². The molecule has 0 heterocycles. The summed E-state index contributed by atoms with van der Waals surface area (Å²) in [6.45, 7) is 0. The molecule has 0 atom stereocenters. The molecule has 0 bridgehead atoms. The lowest BCUT2D eigenvalue weighted by atomic mass is 9.92. The van der Waals surface area contributed by atoms with Crippen molar-refractivity contribution in [3.8, 4) is 0 Å². The van der Waals surface area contributed by atoms with Crippen molar-refractivity contribution < 1.29 is 0 Å². The molecule has 0 spiro atoms. The fourth-order valence-corrected chi connectivity index (χ4v) is 2.97. The number of rotatable bonds is 11. The van der Waals surface area contributed by atoms with E-state index in [0.29, 0.717) is 0 Å². The Bertz CT molecular complexity index is 107. The smallest absolute Gasteiger partial charge is 0.00314 e. The zero-order valence-corrected chi connectivity index (χ0v) is 14.2. The van der Waals surface area contributed by atoms with Crippen molar-refractivity contribution in [1.29, 1.82) is 0 Å². The first-order valence-electron chi connectivity index (χ1n) is 6.03. The third-order valence-corrected chi connectivity index (χ3v) is 4.42. The first-order valence-corrected chi connectivity index (χ1v) is 9.39. The van der Waals surface area contributed by atoms with E-state index in [1.54, 1.807) is 0 Å². The van der Waals surface area contributed by atoms with Gasteiger partial charge in [-0.15, -0.1) is 0 Å². The Morgan fingerprint density at radius 3 is 1.33 bits per heavy atom. The average molecular weight is 407 g/mol. The van der Waals surface area contributed by atoms with Crippen LogP contribution in [0.2, 0.25) is 0 Å². The average Bonchev–Trinajstić information content (AvgIpc) is 2.25. The molecule has 3 heteroatoms. The Labute approximate surface area is 120 Å². The third-order valence-electron chi connectivity index (χ3n) is 2.74. The fourth-order valence-electron chi connectivity index (χ4n) is 1.85. The summed E-state index contributed by atoms with van der Waals surface area (Å²) in [5.74, 6) is 0.973. The van der Waals surface area contributed by atoms with E-state index in [-0.39, 0.29) is 0 Å². The van der Waals surface area contributed by atoms with E-state index in [1.165, 1.54) is 67.4 Å². The second-order valence-electron chi connectivity index (χ2n) is 4.07. The van der Waals surface area contributed by atoms with E-state index < -0.39 is 0 Å². The molecule has 0 N–H and O–H groups in total. The molecule has 0 radical (unpaired) electrons. The van der Waals surface area contributed by atoms with Crippen LogP contribution in [-0.4, -0.2) is 16.0 Å². The molecule has 0 aliphatic rings. The highest BCUT2D eigenvalue weighted by atomic mass is 79.9. The van der Waals surface area contributed by atoms with Gasteiger partial charge in [-0.25, -0.2) is 0 Å². The summed E-state index contributed by atoms with van der Waals surface area (Å²) < 4.78 is 0. The van der Waals surface area contributed by atoms with E-state index >= 15 is 0 Å². The van der Waals surface area contributed by atoms with Crippen molar-refractivity contribution in [3.63, 3.8) is 0 Å². The Kier molecular flexibility index (Phi) is 14.8. The highest BCUT2D eigenvalue weighted by molar-refractivity contribution is 9.09. The van der Waals surface area contributed by atoms with Crippen LogP contribution in [0.25, 0.3) is 0 Å². The van der Waals surface area contributed by atoms with E-state index in [0.717, 1.165) is 5.92 Å². The number of halogens is 3. The minimum Gasteiger partial charge on any atom is -0.0928 e. The van der Waals surface area contributed by atoms with Gasteiger partial charge in [0.05, 0.1) is 0 Å². The van der Waals surface area contributed by atoms with Gasteiger partial charge in [0, 0.05) is 16.0 Å². The lowest BCUT2D eigenvalue weighted by molar-refractivity contribution is 0.393. The molecule has 0 saturated heterocycles. The summed E-state index contributed by atoms with van der Waals surface area (Å²) in [6.07, 6.45) is 11.1. The van der Waals surface area contributed by atoms with Crippen LogP contribution in [0.3, 0.4) is 0 Å². The van der Waals surface area contributed by atoms with Crippen molar-refractivity contribution in [2.75, 3.05) is 16.0 Å². The maximum Gasteiger partial charge on any atom is 0.00314 e. The molecule has 0 aromatic rings. The van der Waals surface area contributed by atoms with Crippen LogP contribution in [0, 0.1) is 5.92 Å². The molecule has 0 aromatic carbocycles. The summed E-state index contributed by atoms with van der Waals surface area (Å²) >= 11 is 10.5. The molecule has 15 heavy (non-hydrogen) atoms. The van der Waals surface area contributed by atoms with E-state index in [9.17, 15) is 0 Å². The molecule has 0 aliphatic carbocycles. The SMILES string of the molecule is BrCCCCC(CCCBr)CCCCBr. The predicted molar refractivity (Wildman–Crippen MR) is 81.8 cm³/mol. The van der Waals surface area contributed by atoms with Crippen molar-refractivity contribution in [2.24, 2.45) is 5.92 Å². The van der Waals surface area contributed by atoms with Gasteiger partial charge in [0.25, 0.3) is 0 Å². The summed E-state index contributed by atoms with van der Waals surface area (Å²) in [4.78, 5) is 0. The van der Waals surface area contributed by atoms with Gasteiger partial charge in [-0.3, -0.25) is 0 Å². The normalized spacial score (nSPS) is 11.2. The molecule has 0 amide bonds. The fraction of sp³-hybridized carbons (Fsp3) is 1.00. The van der Waals surface area contributed by atoms with Crippen molar-refractivity contribution in [3.05, 3.63) is 0 Å². The van der Waals surface area contributed by atoms with Gasteiger partial charge in [-0.2, -0.15) is 0 Å². The van der Waals surface area contributed by atoms with Crippen LogP contribution in [0.1, 0.15) is 51.4 Å². The molecule has 0 aliphatic heterocycles. The monoisotopic (exact) mass is 404 g/mol. The van der Waals surface area contributed by atoms with Crippen LogP contribution in [0.15, 0.2) is 0 Å². The highest BCUT2D eigenvalue weighted by Crippen LogP contribution is 2.22. The second-order valence-corrected chi connectivity index (χ2v) is 6.45. The summed E-state index contributed by atoms with van der Waals surface area (Å²) in [5, 5.41) is 3.50. The maximum absolute atomic E-state index is 3.53. The summed E-state index contributed by atoms with van der Waals surface area (Å²) in [6, 6.07) is 0. The van der Waals surface area contributed by atoms with Gasteiger partial charge in [-0.05, 0) is 31.6 Å². The summed E-state index contributed by atoms with van der Waals surface area (Å²) in [7, 11) is 0. The zero-order chi connectivity index (χ0) is 11.4. The number of alkyl halides is 3. The van der Waals surface area contributed by atoms with Gasteiger partial charge in [0.2, 0.25) is 0 Å². The number of hydrogen-bond donors (Lipinski definition) is 0. The van der Waals surface area contributed by atoms with Gasteiger partial charge >= 0.3 is 0 Å². The zero-order valence-electron chi connectivity index (χ0n) is 9.49. The standard InChI is InChI=1S/C12H23Br3/c13-9-3-1-6-12(8-5-11-15)7-2-4-10-14/h12H,1-11H2. The number of unbranched alkanes of at least 4 members (excludes halogenated alkanes) is 2. The lowest BCUT2D eigenvalue weighted by Gasteiger charge is -2.15. The minimum absolute atomic E-state index is 0.973. The van der Waals surface area contributed by atoms with Crippen LogP contribution >= 0.6 is 47.8 Å². The molecule has 0 nitrogen and oxygen atoms in total. The van der Waals surface area contributed by atoms with E-state index in [1.807, 2.05) is 0 Å². The number of hydrogen-bond acceptors (Lipinski definition) is 0. The van der Waals surface area contributed by atoms with E-state index in [2.05, 4.69) is 47.8 Å². The van der Waals surface area contributed by atoms with Crippen molar-refractivity contribution in [2.45, 2.75) is 51.4 Å². The molecule has 0 rings (SSSR count). The Morgan fingerprint density at radius 1 is 0.533 bits per heavy atom. The van der Waals surface area contributed by atoms with Crippen LogP contribution in [0.4, 0.5) is 0 Å². The van der Waals surface area contributed by atoms with E-state index in [4.69, 9.17) is 0 Å². The van der Waals surface area contributed by atoms with Gasteiger partial charge in [-0.1, -0.05) is 73.5 Å². The van der Waals surface area contributed by atoms with Crippen LogP contribution < -0.4 is 0 Å². The topological polar surface area (TPSA) is 0 Å². The first kappa shape index (κ1) is 16.4. The summed E-state index contributed by atoms with van der Waals surface area (Å²) in [5.41, 5.74) is 0. The molecular weight excluding hydrogens is 384 g/mol. The van der Waals surface area contributed by atoms with Gasteiger partial charge in [0.15, 0.2) is 0 Å². The Balaban J connectivity index is 3.53. The predicted octanol–water partition coefficient (Wildman–Crippen LogP) is 5.91. The molecule has 0 aromatic heterocycles. The Morgan fingerprint density at radius 2 is 0.933 bits per heavy atom. The minimum atomic E-state index is 0.973. The molecular formula is C12H23Br3. The Hall–Kier alpha value is 1.44. The molecule has 92 valence electrons. The molecule has 0 fully saturated rings. The molecule has 0 saturated carbocycles. The third kappa shape index (κ3) is 11.7. The van der Waals surface area contributed by atoms with Gasteiger partial charge in [0.1, 0.15) is 0 Å². The molecule has 0 unspecified atom stereocenters. The maximum atomic E-state index is 3.53. The van der Waals surface area contributed by atoms with Crippen LogP contribution in [-0.2, 0) is 0 Å². The quantitative estimate of drug-likeness (QED) is 0.295.